The summed E-state index contributed by atoms with van der Waals surface area (Å²) in [6.07, 6.45) is 0. The summed E-state index contributed by atoms with van der Waals surface area (Å²) in [6.45, 7) is 1.37. The average Bonchev–Trinajstić information content (AvgIpc) is 3.18. The Morgan fingerprint density at radius 2 is 1.94 bits per heavy atom. The number of benzene rings is 2. The third kappa shape index (κ3) is 4.37. The highest BCUT2D eigenvalue weighted by Crippen LogP contribution is 2.36. The van der Waals surface area contributed by atoms with Crippen LogP contribution in [-0.4, -0.2) is 38.9 Å². The van der Waals surface area contributed by atoms with E-state index in [1.54, 1.807) is 30.6 Å². The first-order chi connectivity index (χ1) is 14.7. The van der Waals surface area contributed by atoms with Crippen molar-refractivity contribution in [1.29, 1.82) is 0 Å². The van der Waals surface area contributed by atoms with Crippen LogP contribution < -0.4 is 19.7 Å². The van der Waals surface area contributed by atoms with E-state index in [0.29, 0.717) is 22.8 Å². The van der Waals surface area contributed by atoms with Gasteiger partial charge in [0, 0.05) is 30.6 Å². The van der Waals surface area contributed by atoms with Crippen LogP contribution in [0.2, 0.25) is 0 Å². The van der Waals surface area contributed by atoms with Gasteiger partial charge in [-0.2, -0.15) is 0 Å². The first kappa shape index (κ1) is 20.8. The highest BCUT2D eigenvalue weighted by molar-refractivity contribution is 7.93. The lowest BCUT2D eigenvalue weighted by Gasteiger charge is -2.26. The molecular weight excluding hydrogens is 440 g/mol. The molecule has 3 aromatic rings. The van der Waals surface area contributed by atoms with Crippen molar-refractivity contribution in [2.24, 2.45) is 0 Å². The average molecular weight is 459 g/mol. The summed E-state index contributed by atoms with van der Waals surface area (Å²) < 4.78 is 33.2. The normalized spacial score (nSPS) is 13.4. The molecule has 1 aliphatic rings. The Labute approximate surface area is 182 Å². The van der Waals surface area contributed by atoms with Crippen LogP contribution in [0.25, 0.3) is 11.3 Å². The fourth-order valence-electron chi connectivity index (χ4n) is 2.98. The first-order valence-electron chi connectivity index (χ1n) is 9.13. The lowest BCUT2D eigenvalue weighted by atomic mass is 10.1. The van der Waals surface area contributed by atoms with E-state index in [-0.39, 0.29) is 28.4 Å². The van der Waals surface area contributed by atoms with E-state index in [4.69, 9.17) is 4.74 Å². The Morgan fingerprint density at radius 1 is 1.19 bits per heavy atom. The molecule has 0 saturated carbocycles. The SMILES string of the molecule is CC(=O)Nc1ccc(S(=O)(=O)Nc2nc(-c3ccc4c(c3)N(C)C(=O)CO4)cs2)cc1. The minimum atomic E-state index is -3.85. The van der Waals surface area contributed by atoms with E-state index in [2.05, 4.69) is 15.0 Å². The number of fused-ring (bicyclic) bond motifs is 1. The molecule has 2 heterocycles. The Morgan fingerprint density at radius 3 is 2.65 bits per heavy atom. The quantitative estimate of drug-likeness (QED) is 0.607. The number of carbonyl (C=O) groups excluding carboxylic acids is 2. The van der Waals surface area contributed by atoms with Gasteiger partial charge in [0.25, 0.3) is 15.9 Å². The molecule has 0 radical (unpaired) electrons. The van der Waals surface area contributed by atoms with Crippen LogP contribution in [0.3, 0.4) is 0 Å². The minimum Gasteiger partial charge on any atom is -0.482 e. The summed E-state index contributed by atoms with van der Waals surface area (Å²) in [7, 11) is -2.17. The number of hydrogen-bond acceptors (Lipinski definition) is 7. The van der Waals surface area contributed by atoms with Gasteiger partial charge in [0.15, 0.2) is 11.7 Å². The van der Waals surface area contributed by atoms with Crippen LogP contribution in [0, 0.1) is 0 Å². The standard InChI is InChI=1S/C20H18N4O5S2/c1-12(25)21-14-4-6-15(7-5-14)31(27,28)23-20-22-16(11-30-20)13-3-8-18-17(9-13)24(2)19(26)10-29-18/h3-9,11H,10H2,1-2H3,(H,21,25)(H,22,23). The second-order valence-corrected chi connectivity index (χ2v) is 9.31. The van der Waals surface area contributed by atoms with Crippen LogP contribution in [0.4, 0.5) is 16.5 Å². The Kier molecular flexibility index (Phi) is 5.38. The number of rotatable bonds is 5. The maximum Gasteiger partial charge on any atom is 0.264 e. The summed E-state index contributed by atoms with van der Waals surface area (Å²) >= 11 is 1.15. The largest absolute Gasteiger partial charge is 0.482 e. The lowest BCUT2D eigenvalue weighted by molar-refractivity contribution is -0.121. The molecular formula is C20H18N4O5S2. The molecule has 0 bridgehead atoms. The topological polar surface area (TPSA) is 118 Å². The third-order valence-corrected chi connectivity index (χ3v) is 6.79. The number of aromatic nitrogens is 1. The summed E-state index contributed by atoms with van der Waals surface area (Å²) in [6, 6.07) is 11.2. The zero-order valence-corrected chi connectivity index (χ0v) is 18.2. The minimum absolute atomic E-state index is 0.00271. The Balaban J connectivity index is 1.54. The van der Waals surface area contributed by atoms with Crippen molar-refractivity contribution >= 4 is 49.7 Å². The van der Waals surface area contributed by atoms with Gasteiger partial charge in [-0.3, -0.25) is 14.3 Å². The van der Waals surface area contributed by atoms with Gasteiger partial charge < -0.3 is 15.0 Å². The summed E-state index contributed by atoms with van der Waals surface area (Å²) in [5.74, 6) is 0.207. The molecule has 160 valence electrons. The predicted molar refractivity (Wildman–Crippen MR) is 118 cm³/mol. The van der Waals surface area contributed by atoms with Crippen molar-refractivity contribution in [1.82, 2.24) is 4.98 Å². The van der Waals surface area contributed by atoms with E-state index in [1.165, 1.54) is 36.1 Å². The Hall–Kier alpha value is -3.44. The first-order valence-corrected chi connectivity index (χ1v) is 11.5. The second kappa shape index (κ2) is 8.00. The number of likely N-dealkylation sites (N-methyl/N-ethyl adjacent to an activating group) is 1. The number of nitrogens with one attached hydrogen (secondary N) is 2. The second-order valence-electron chi connectivity index (χ2n) is 6.77. The van der Waals surface area contributed by atoms with E-state index in [1.807, 2.05) is 0 Å². The number of ether oxygens (including phenoxy) is 1. The van der Waals surface area contributed by atoms with Crippen molar-refractivity contribution in [3.63, 3.8) is 0 Å². The van der Waals surface area contributed by atoms with Crippen molar-refractivity contribution in [2.45, 2.75) is 11.8 Å². The van der Waals surface area contributed by atoms with Crippen molar-refractivity contribution in [3.8, 4) is 17.0 Å². The molecule has 2 aromatic carbocycles. The van der Waals surface area contributed by atoms with Gasteiger partial charge >= 0.3 is 0 Å². The maximum absolute atomic E-state index is 12.7. The molecule has 1 aromatic heterocycles. The van der Waals surface area contributed by atoms with E-state index in [0.717, 1.165) is 16.9 Å². The van der Waals surface area contributed by atoms with Gasteiger partial charge in [0.2, 0.25) is 5.91 Å². The van der Waals surface area contributed by atoms with E-state index in [9.17, 15) is 18.0 Å². The molecule has 31 heavy (non-hydrogen) atoms. The van der Waals surface area contributed by atoms with Crippen molar-refractivity contribution < 1.29 is 22.7 Å². The molecule has 0 spiro atoms. The summed E-state index contributed by atoms with van der Waals surface area (Å²) in [5.41, 5.74) is 2.43. The van der Waals surface area contributed by atoms with Gasteiger partial charge in [0.05, 0.1) is 16.3 Å². The van der Waals surface area contributed by atoms with Gasteiger partial charge in [-0.05, 0) is 42.5 Å². The van der Waals surface area contributed by atoms with Crippen LogP contribution in [0.5, 0.6) is 5.75 Å². The molecule has 0 unspecified atom stereocenters. The molecule has 4 rings (SSSR count). The van der Waals surface area contributed by atoms with Gasteiger partial charge in [0.1, 0.15) is 5.75 Å². The number of amides is 2. The fourth-order valence-corrected chi connectivity index (χ4v) is 4.95. The van der Waals surface area contributed by atoms with E-state index >= 15 is 0 Å². The van der Waals surface area contributed by atoms with E-state index < -0.39 is 10.0 Å². The zero-order valence-electron chi connectivity index (χ0n) is 16.6. The smallest absolute Gasteiger partial charge is 0.264 e. The van der Waals surface area contributed by atoms with Crippen LogP contribution in [0.1, 0.15) is 6.92 Å². The van der Waals surface area contributed by atoms with Crippen LogP contribution in [0.15, 0.2) is 52.7 Å². The number of carbonyl (C=O) groups is 2. The zero-order chi connectivity index (χ0) is 22.2. The molecule has 2 amide bonds. The molecule has 0 saturated heterocycles. The van der Waals surface area contributed by atoms with Gasteiger partial charge in [-0.15, -0.1) is 11.3 Å². The molecule has 2 N–H and O–H groups in total. The third-order valence-electron chi connectivity index (χ3n) is 4.55. The van der Waals surface area contributed by atoms with Crippen LogP contribution >= 0.6 is 11.3 Å². The molecule has 11 heteroatoms. The van der Waals surface area contributed by atoms with Crippen LogP contribution in [-0.2, 0) is 19.6 Å². The lowest BCUT2D eigenvalue weighted by Crippen LogP contribution is -2.35. The number of thiazole rings is 1. The molecule has 1 aliphatic heterocycles. The predicted octanol–water partition coefficient (Wildman–Crippen LogP) is 2.92. The molecule has 0 aliphatic carbocycles. The molecule has 9 nitrogen and oxygen atoms in total. The fraction of sp³-hybridized carbons (Fsp3) is 0.150. The van der Waals surface area contributed by atoms with Crippen molar-refractivity contribution in [2.75, 3.05) is 28.6 Å². The number of hydrogen-bond donors (Lipinski definition) is 2. The summed E-state index contributed by atoms with van der Waals surface area (Å²) in [5, 5.41) is 4.52. The number of anilines is 3. The highest BCUT2D eigenvalue weighted by Gasteiger charge is 2.23. The van der Waals surface area contributed by atoms with Crippen molar-refractivity contribution in [3.05, 3.63) is 47.8 Å². The number of nitrogens with zero attached hydrogens (tertiary/aromatic N) is 2. The Bertz CT molecular complexity index is 1270. The monoisotopic (exact) mass is 458 g/mol. The summed E-state index contributed by atoms with van der Waals surface area (Å²) in [4.78, 5) is 28.9. The number of sulfonamides is 1. The highest BCUT2D eigenvalue weighted by atomic mass is 32.2. The van der Waals surface area contributed by atoms with Gasteiger partial charge in [-0.25, -0.2) is 13.4 Å². The molecule has 0 fully saturated rings. The maximum atomic E-state index is 12.7. The van der Waals surface area contributed by atoms with Gasteiger partial charge in [-0.1, -0.05) is 0 Å². The molecule has 0 atom stereocenters.